The largest absolute Gasteiger partial charge is 0.358 e. The zero-order valence-corrected chi connectivity index (χ0v) is 10.9. The van der Waals surface area contributed by atoms with Crippen molar-refractivity contribution in [3.8, 4) is 11.8 Å². The molecule has 1 aromatic carbocycles. The molecule has 7 nitrogen and oxygen atoms in total. The number of nitrogens with zero attached hydrogens (tertiary/aromatic N) is 1. The Bertz CT molecular complexity index is 723. The van der Waals surface area contributed by atoms with Gasteiger partial charge in [-0.1, -0.05) is 11.8 Å². The van der Waals surface area contributed by atoms with Crippen LogP contribution in [-0.2, 0) is 0 Å². The molecule has 0 radical (unpaired) electrons. The lowest BCUT2D eigenvalue weighted by Gasteiger charge is -2.02. The van der Waals surface area contributed by atoms with Crippen LogP contribution in [-0.4, -0.2) is 22.4 Å². The Hall–Kier alpha value is -3.11. The Balaban J connectivity index is 2.06. The van der Waals surface area contributed by atoms with Crippen molar-refractivity contribution < 1.29 is 9.72 Å². The number of carbonyl (C=O) groups is 1. The molecule has 2 rings (SSSR count). The molecule has 0 aliphatic heterocycles. The summed E-state index contributed by atoms with van der Waals surface area (Å²) >= 11 is 0. The number of anilines is 1. The minimum absolute atomic E-state index is 0.119. The first-order chi connectivity index (χ1) is 10.1. The molecule has 106 valence electrons. The third-order valence-electron chi connectivity index (χ3n) is 2.59. The molecule has 0 unspecified atom stereocenters. The van der Waals surface area contributed by atoms with Gasteiger partial charge in [-0.25, -0.2) is 4.98 Å². The van der Waals surface area contributed by atoms with Crippen LogP contribution in [0.2, 0.25) is 0 Å². The Morgan fingerprint density at radius 3 is 2.57 bits per heavy atom. The van der Waals surface area contributed by atoms with Crippen LogP contribution in [0.15, 0.2) is 36.4 Å². The van der Waals surface area contributed by atoms with Crippen LogP contribution in [0.5, 0.6) is 0 Å². The number of aromatic nitrogens is 1. The Kier molecular flexibility index (Phi) is 4.33. The highest BCUT2D eigenvalue weighted by molar-refractivity contribution is 6.03. The molecule has 0 atom stereocenters. The van der Waals surface area contributed by atoms with Crippen LogP contribution in [0.25, 0.3) is 0 Å². The van der Waals surface area contributed by atoms with Gasteiger partial charge in [0.25, 0.3) is 5.91 Å². The van der Waals surface area contributed by atoms with Crippen molar-refractivity contribution in [3.05, 3.63) is 57.8 Å². The van der Waals surface area contributed by atoms with Crippen LogP contribution in [0.4, 0.5) is 11.5 Å². The van der Waals surface area contributed by atoms with E-state index >= 15 is 0 Å². The summed E-state index contributed by atoms with van der Waals surface area (Å²) in [5.41, 5.74) is 6.75. The van der Waals surface area contributed by atoms with E-state index in [9.17, 15) is 14.9 Å². The van der Waals surface area contributed by atoms with E-state index in [0.717, 1.165) is 5.56 Å². The first-order valence-electron chi connectivity index (χ1n) is 6.04. The van der Waals surface area contributed by atoms with Gasteiger partial charge < -0.3 is 21.2 Å². The maximum absolute atomic E-state index is 11.9. The van der Waals surface area contributed by atoms with Gasteiger partial charge in [0.2, 0.25) is 0 Å². The molecule has 21 heavy (non-hydrogen) atoms. The lowest BCUT2D eigenvalue weighted by Crippen LogP contribution is -2.12. The molecule has 7 heteroatoms. The fourth-order valence-corrected chi connectivity index (χ4v) is 1.61. The maximum Gasteiger partial charge on any atom is 0.321 e. The third kappa shape index (κ3) is 3.68. The van der Waals surface area contributed by atoms with Crippen molar-refractivity contribution in [1.29, 1.82) is 0 Å². The van der Waals surface area contributed by atoms with E-state index in [2.05, 4.69) is 22.1 Å². The second-order valence-corrected chi connectivity index (χ2v) is 4.05. The van der Waals surface area contributed by atoms with Gasteiger partial charge in [0, 0.05) is 17.3 Å². The number of hydrogen-bond acceptors (Lipinski definition) is 4. The monoisotopic (exact) mass is 284 g/mol. The number of nitrogens with one attached hydrogen (secondary N) is 2. The van der Waals surface area contributed by atoms with E-state index in [0.29, 0.717) is 5.69 Å². The molecule has 2 aromatic rings. The zero-order valence-electron chi connectivity index (χ0n) is 10.9. The predicted molar refractivity (Wildman–Crippen MR) is 77.8 cm³/mol. The highest BCUT2D eigenvalue weighted by Gasteiger charge is 2.15. The first kappa shape index (κ1) is 14.3. The average Bonchev–Trinajstić information content (AvgIpc) is 2.97. The number of nitrogens with two attached hydrogens (primary N) is 1. The topological polar surface area (TPSA) is 114 Å². The highest BCUT2D eigenvalue weighted by Crippen LogP contribution is 2.13. The SMILES string of the molecule is NCC#Cc1ccc(NC(=O)c2ccc([N+](=O)[O-])[nH]2)cc1. The fourth-order valence-electron chi connectivity index (χ4n) is 1.61. The van der Waals surface area contributed by atoms with Crippen molar-refractivity contribution in [1.82, 2.24) is 4.98 Å². The quantitative estimate of drug-likeness (QED) is 0.450. The summed E-state index contributed by atoms with van der Waals surface area (Å²) in [4.78, 5) is 24.3. The molecule has 4 N–H and O–H groups in total. The number of rotatable bonds is 3. The van der Waals surface area contributed by atoms with Crippen molar-refractivity contribution in [2.45, 2.75) is 0 Å². The van der Waals surface area contributed by atoms with Crippen LogP contribution in [0.3, 0.4) is 0 Å². The smallest absolute Gasteiger partial charge is 0.321 e. The second kappa shape index (κ2) is 6.36. The Morgan fingerprint density at radius 1 is 1.29 bits per heavy atom. The lowest BCUT2D eigenvalue weighted by molar-refractivity contribution is -0.389. The number of H-pyrrole nitrogens is 1. The minimum atomic E-state index is -0.596. The molecule has 0 saturated carbocycles. The van der Waals surface area contributed by atoms with E-state index in [1.165, 1.54) is 12.1 Å². The zero-order chi connectivity index (χ0) is 15.2. The lowest BCUT2D eigenvalue weighted by atomic mass is 10.2. The third-order valence-corrected chi connectivity index (χ3v) is 2.59. The van der Waals surface area contributed by atoms with Crippen molar-refractivity contribution >= 4 is 17.4 Å². The van der Waals surface area contributed by atoms with E-state index in [4.69, 9.17) is 5.73 Å². The molecule has 0 aliphatic rings. The molecule has 0 fully saturated rings. The van der Waals surface area contributed by atoms with Gasteiger partial charge in [-0.15, -0.1) is 0 Å². The standard InChI is InChI=1S/C14H12N4O3/c15-9-1-2-10-3-5-11(6-4-10)16-14(19)12-7-8-13(17-12)18(20)21/h3-8,17H,9,15H2,(H,16,19). The number of nitro groups is 1. The molecule has 1 aromatic heterocycles. The van der Waals surface area contributed by atoms with Crippen molar-refractivity contribution in [3.63, 3.8) is 0 Å². The van der Waals surface area contributed by atoms with E-state index in [1.54, 1.807) is 24.3 Å². The number of carbonyl (C=O) groups excluding carboxylic acids is 1. The van der Waals surface area contributed by atoms with Gasteiger partial charge >= 0.3 is 5.82 Å². The number of amides is 1. The van der Waals surface area contributed by atoms with Crippen LogP contribution in [0, 0.1) is 22.0 Å². The van der Waals surface area contributed by atoms with Crippen LogP contribution >= 0.6 is 0 Å². The Morgan fingerprint density at radius 2 is 2.00 bits per heavy atom. The van der Waals surface area contributed by atoms with E-state index < -0.39 is 10.8 Å². The first-order valence-corrected chi connectivity index (χ1v) is 6.04. The van der Waals surface area contributed by atoms with Crippen LogP contribution in [0.1, 0.15) is 16.1 Å². The maximum atomic E-state index is 11.9. The van der Waals surface area contributed by atoms with E-state index in [-0.39, 0.29) is 18.1 Å². The second-order valence-electron chi connectivity index (χ2n) is 4.05. The summed E-state index contributed by atoms with van der Waals surface area (Å²) < 4.78 is 0. The number of benzene rings is 1. The molecule has 0 bridgehead atoms. The summed E-state index contributed by atoms with van der Waals surface area (Å²) in [6, 6.07) is 9.46. The molecule has 0 aliphatic carbocycles. The molecule has 1 heterocycles. The van der Waals surface area contributed by atoms with Gasteiger partial charge in [-0.2, -0.15) is 0 Å². The normalized spacial score (nSPS) is 9.57. The summed E-state index contributed by atoms with van der Waals surface area (Å²) in [6.45, 7) is 0.282. The van der Waals surface area contributed by atoms with Crippen molar-refractivity contribution in [2.24, 2.45) is 5.73 Å². The molecule has 0 spiro atoms. The van der Waals surface area contributed by atoms with Gasteiger partial charge in [0.15, 0.2) is 5.69 Å². The van der Waals surface area contributed by atoms with Crippen LogP contribution < -0.4 is 11.1 Å². The molecular weight excluding hydrogens is 272 g/mol. The van der Waals surface area contributed by atoms with Gasteiger partial charge in [0.05, 0.1) is 6.54 Å². The number of aromatic amines is 1. The summed E-state index contributed by atoms with van der Waals surface area (Å²) in [6.07, 6.45) is 0. The van der Waals surface area contributed by atoms with Gasteiger partial charge in [-0.3, -0.25) is 4.79 Å². The highest BCUT2D eigenvalue weighted by atomic mass is 16.6. The van der Waals surface area contributed by atoms with Crippen molar-refractivity contribution in [2.75, 3.05) is 11.9 Å². The molecular formula is C14H12N4O3. The summed E-state index contributed by atoms with van der Waals surface area (Å²) in [5, 5.41) is 13.2. The average molecular weight is 284 g/mol. The van der Waals surface area contributed by atoms with E-state index in [1.807, 2.05) is 0 Å². The fraction of sp³-hybridized carbons (Fsp3) is 0.0714. The minimum Gasteiger partial charge on any atom is -0.358 e. The summed E-state index contributed by atoms with van der Waals surface area (Å²) in [7, 11) is 0. The van der Waals surface area contributed by atoms with Gasteiger partial charge in [0.1, 0.15) is 0 Å². The molecule has 1 amide bonds. The molecule has 0 saturated heterocycles. The number of hydrogen-bond donors (Lipinski definition) is 3. The summed E-state index contributed by atoms with van der Waals surface area (Å²) in [5.74, 6) is 4.91. The Labute approximate surface area is 120 Å². The van der Waals surface area contributed by atoms with Gasteiger partial charge in [-0.05, 0) is 35.3 Å². The predicted octanol–water partition coefficient (Wildman–Crippen LogP) is 1.49.